The third-order valence-electron chi connectivity index (χ3n) is 3.95. The van der Waals surface area contributed by atoms with E-state index in [0.29, 0.717) is 24.0 Å². The number of hydrogen-bond acceptors (Lipinski definition) is 6. The number of likely N-dealkylation sites (N-methyl/N-ethyl adjacent to an activating group) is 1. The van der Waals surface area contributed by atoms with Crippen LogP contribution in [0.2, 0.25) is 5.15 Å². The molecule has 0 spiro atoms. The number of amides is 1. The second kappa shape index (κ2) is 10.6. The molecule has 3 aromatic rings. The maximum absolute atomic E-state index is 11.6. The molecule has 29 heavy (non-hydrogen) atoms. The molecule has 2 aromatic carbocycles. The molecule has 0 bridgehead atoms. The fraction of sp³-hybridized carbons (Fsp3) is 0.238. The summed E-state index contributed by atoms with van der Waals surface area (Å²) in [5.74, 6) is 0.606. The summed E-state index contributed by atoms with van der Waals surface area (Å²) in [6.07, 6.45) is 0. The summed E-state index contributed by atoms with van der Waals surface area (Å²) < 4.78 is 6.49. The van der Waals surface area contributed by atoms with Gasteiger partial charge in [0.25, 0.3) is 5.91 Å². The summed E-state index contributed by atoms with van der Waals surface area (Å²) in [7, 11) is 3.42. The van der Waals surface area contributed by atoms with Gasteiger partial charge < -0.3 is 15.0 Å². The van der Waals surface area contributed by atoms with Crippen molar-refractivity contribution in [2.45, 2.75) is 22.3 Å². The molecule has 1 amide bonds. The average Bonchev–Trinajstić information content (AvgIpc) is 3.06. The SMILES string of the molecule is CN(C)C(=O)COc1cccc(CNCc2sc(Sc3ccccc3)nc2Cl)c1. The monoisotopic (exact) mass is 447 g/mol. The van der Waals surface area contributed by atoms with Gasteiger partial charge in [0, 0.05) is 32.1 Å². The van der Waals surface area contributed by atoms with E-state index in [2.05, 4.69) is 22.4 Å². The van der Waals surface area contributed by atoms with E-state index in [1.54, 1.807) is 37.2 Å². The highest BCUT2D eigenvalue weighted by Gasteiger charge is 2.11. The Kier molecular flexibility index (Phi) is 7.94. The van der Waals surface area contributed by atoms with E-state index in [1.807, 2.05) is 42.5 Å². The van der Waals surface area contributed by atoms with Crippen LogP contribution in [-0.2, 0) is 17.9 Å². The van der Waals surface area contributed by atoms with Gasteiger partial charge >= 0.3 is 0 Å². The summed E-state index contributed by atoms with van der Waals surface area (Å²) >= 11 is 9.51. The van der Waals surface area contributed by atoms with Crippen molar-refractivity contribution in [1.82, 2.24) is 15.2 Å². The van der Waals surface area contributed by atoms with Gasteiger partial charge in [0.2, 0.25) is 0 Å². The van der Waals surface area contributed by atoms with E-state index in [4.69, 9.17) is 16.3 Å². The zero-order chi connectivity index (χ0) is 20.6. The van der Waals surface area contributed by atoms with Crippen LogP contribution < -0.4 is 10.1 Å². The molecule has 0 radical (unpaired) electrons. The Morgan fingerprint density at radius 2 is 1.97 bits per heavy atom. The van der Waals surface area contributed by atoms with Gasteiger partial charge in [-0.15, -0.1) is 11.3 Å². The van der Waals surface area contributed by atoms with Crippen molar-refractivity contribution in [2.75, 3.05) is 20.7 Å². The van der Waals surface area contributed by atoms with Gasteiger partial charge in [0.1, 0.15) is 10.9 Å². The second-order valence-corrected chi connectivity index (χ2v) is 9.20. The van der Waals surface area contributed by atoms with Crippen LogP contribution in [0.15, 0.2) is 63.8 Å². The van der Waals surface area contributed by atoms with E-state index in [-0.39, 0.29) is 12.5 Å². The van der Waals surface area contributed by atoms with E-state index >= 15 is 0 Å². The molecule has 0 saturated carbocycles. The van der Waals surface area contributed by atoms with Gasteiger partial charge in [-0.05, 0) is 29.8 Å². The van der Waals surface area contributed by atoms with Gasteiger partial charge in [-0.2, -0.15) is 0 Å². The Balaban J connectivity index is 1.51. The Labute approximate surface area is 184 Å². The molecule has 5 nitrogen and oxygen atoms in total. The molecule has 152 valence electrons. The van der Waals surface area contributed by atoms with Crippen molar-refractivity contribution in [1.29, 1.82) is 0 Å². The van der Waals surface area contributed by atoms with Crippen molar-refractivity contribution >= 4 is 40.6 Å². The average molecular weight is 448 g/mol. The largest absolute Gasteiger partial charge is 0.484 e. The molecule has 0 atom stereocenters. The predicted octanol–water partition coefficient (Wildman–Crippen LogP) is 4.70. The smallest absolute Gasteiger partial charge is 0.259 e. The molecule has 0 fully saturated rings. The standard InChI is InChI=1S/C21H22ClN3O2S2/c1-25(2)19(26)14-27-16-8-6-7-15(11-16)12-23-13-18-20(22)24-21(29-18)28-17-9-4-3-5-10-17/h3-11,23H,12-14H2,1-2H3. The van der Waals surface area contributed by atoms with Crippen LogP contribution in [0.5, 0.6) is 5.75 Å². The third kappa shape index (κ3) is 6.75. The first-order chi connectivity index (χ1) is 14.0. The molecular weight excluding hydrogens is 426 g/mol. The van der Waals surface area contributed by atoms with Gasteiger partial charge in [-0.3, -0.25) is 4.79 Å². The molecule has 0 aliphatic heterocycles. The number of ether oxygens (including phenoxy) is 1. The highest BCUT2D eigenvalue weighted by atomic mass is 35.5. The molecular formula is C21H22ClN3O2S2. The lowest BCUT2D eigenvalue weighted by Gasteiger charge is -2.12. The van der Waals surface area contributed by atoms with Crippen molar-refractivity contribution in [3.63, 3.8) is 0 Å². The zero-order valence-electron chi connectivity index (χ0n) is 16.2. The number of benzene rings is 2. The molecule has 0 unspecified atom stereocenters. The highest BCUT2D eigenvalue weighted by Crippen LogP contribution is 2.34. The maximum Gasteiger partial charge on any atom is 0.259 e. The molecule has 1 aromatic heterocycles. The quantitative estimate of drug-likeness (QED) is 0.515. The predicted molar refractivity (Wildman–Crippen MR) is 119 cm³/mol. The zero-order valence-corrected chi connectivity index (χ0v) is 18.6. The van der Waals surface area contributed by atoms with Crippen LogP contribution in [-0.4, -0.2) is 36.5 Å². The highest BCUT2D eigenvalue weighted by molar-refractivity contribution is 8.01. The summed E-state index contributed by atoms with van der Waals surface area (Å²) in [4.78, 5) is 19.8. The molecule has 0 saturated heterocycles. The van der Waals surface area contributed by atoms with E-state index in [0.717, 1.165) is 19.7 Å². The van der Waals surface area contributed by atoms with Crippen LogP contribution in [0.25, 0.3) is 0 Å². The first-order valence-corrected chi connectivity index (χ1v) is 11.0. The third-order valence-corrected chi connectivity index (χ3v) is 6.50. The number of carbonyl (C=O) groups excluding carboxylic acids is 1. The minimum Gasteiger partial charge on any atom is -0.484 e. The van der Waals surface area contributed by atoms with Crippen LogP contribution in [0.4, 0.5) is 0 Å². The Hall–Kier alpha value is -2.06. The van der Waals surface area contributed by atoms with E-state index in [1.165, 1.54) is 4.90 Å². The van der Waals surface area contributed by atoms with Crippen LogP contribution in [0.1, 0.15) is 10.4 Å². The normalized spacial score (nSPS) is 10.7. The number of halogens is 1. The number of hydrogen-bond donors (Lipinski definition) is 1. The summed E-state index contributed by atoms with van der Waals surface area (Å²) in [5.41, 5.74) is 1.07. The van der Waals surface area contributed by atoms with Crippen LogP contribution in [0, 0.1) is 0 Å². The second-order valence-electron chi connectivity index (χ2n) is 6.44. The number of thiazole rings is 1. The molecule has 0 aliphatic rings. The summed E-state index contributed by atoms with van der Waals surface area (Å²) in [5, 5.41) is 3.93. The molecule has 8 heteroatoms. The first-order valence-electron chi connectivity index (χ1n) is 9.02. The Morgan fingerprint density at radius 1 is 1.17 bits per heavy atom. The van der Waals surface area contributed by atoms with Gasteiger partial charge in [-0.1, -0.05) is 53.7 Å². The number of aromatic nitrogens is 1. The molecule has 3 rings (SSSR count). The minimum absolute atomic E-state index is 0.0300. The van der Waals surface area contributed by atoms with Gasteiger partial charge in [0.15, 0.2) is 10.9 Å². The molecule has 0 aliphatic carbocycles. The summed E-state index contributed by atoms with van der Waals surface area (Å²) in [6.45, 7) is 1.33. The van der Waals surface area contributed by atoms with Crippen LogP contribution >= 0.6 is 34.7 Å². The van der Waals surface area contributed by atoms with E-state index < -0.39 is 0 Å². The summed E-state index contributed by atoms with van der Waals surface area (Å²) in [6, 6.07) is 17.8. The van der Waals surface area contributed by atoms with Crippen molar-refractivity contribution in [3.8, 4) is 5.75 Å². The van der Waals surface area contributed by atoms with Crippen molar-refractivity contribution in [3.05, 3.63) is 70.2 Å². The molecule has 1 N–H and O–H groups in total. The molecule has 1 heterocycles. The Bertz CT molecular complexity index is 948. The fourth-order valence-corrected chi connectivity index (χ4v) is 4.80. The van der Waals surface area contributed by atoms with Gasteiger partial charge in [-0.25, -0.2) is 4.98 Å². The fourth-order valence-electron chi connectivity index (χ4n) is 2.39. The first kappa shape index (κ1) is 21.6. The van der Waals surface area contributed by atoms with E-state index in [9.17, 15) is 4.79 Å². The number of nitrogens with zero attached hydrogens (tertiary/aromatic N) is 2. The minimum atomic E-state index is -0.0717. The van der Waals surface area contributed by atoms with Crippen LogP contribution in [0.3, 0.4) is 0 Å². The topological polar surface area (TPSA) is 54.5 Å². The Morgan fingerprint density at radius 3 is 2.72 bits per heavy atom. The number of carbonyl (C=O) groups is 1. The van der Waals surface area contributed by atoms with Crippen molar-refractivity contribution < 1.29 is 9.53 Å². The maximum atomic E-state index is 11.6. The lowest BCUT2D eigenvalue weighted by molar-refractivity contribution is -0.130. The lowest BCUT2D eigenvalue weighted by Crippen LogP contribution is -2.27. The van der Waals surface area contributed by atoms with Gasteiger partial charge in [0.05, 0.1) is 4.88 Å². The van der Waals surface area contributed by atoms with Crippen molar-refractivity contribution in [2.24, 2.45) is 0 Å². The number of nitrogens with one attached hydrogen (secondary N) is 1. The lowest BCUT2D eigenvalue weighted by atomic mass is 10.2. The number of rotatable bonds is 9.